The largest absolute Gasteiger partial charge is 0.356 e. The first kappa shape index (κ1) is 24.7. The molecule has 0 aliphatic carbocycles. The Hall–Kier alpha value is -0.280. The van der Waals surface area contributed by atoms with Crippen molar-refractivity contribution in [2.24, 2.45) is 5.92 Å². The highest BCUT2D eigenvalue weighted by Crippen LogP contribution is 2.13. The molecule has 1 aliphatic rings. The Morgan fingerprint density at radius 1 is 0.840 bits per heavy atom. The number of halogens is 1. The van der Waals surface area contributed by atoms with Gasteiger partial charge in [0.2, 0.25) is 5.91 Å². The Morgan fingerprint density at radius 2 is 1.32 bits per heavy atom. The number of carbonyl (C=O) groups excluding carboxylic acids is 1. The maximum absolute atomic E-state index is 11.8. The third-order valence-corrected chi connectivity index (χ3v) is 5.26. The van der Waals surface area contributed by atoms with E-state index in [1.807, 2.05) is 0 Å². The molecule has 1 amide bonds. The molecule has 1 aliphatic heterocycles. The van der Waals surface area contributed by atoms with E-state index in [-0.39, 0.29) is 24.2 Å². The number of amides is 1. The first-order valence-corrected chi connectivity index (χ1v) is 10.8. The molecule has 0 aromatic carbocycles. The molecule has 0 saturated carbocycles. The molecule has 0 bridgehead atoms. The summed E-state index contributed by atoms with van der Waals surface area (Å²) < 4.78 is 0. The van der Waals surface area contributed by atoms with Crippen molar-refractivity contribution in [3.8, 4) is 0 Å². The van der Waals surface area contributed by atoms with Gasteiger partial charge in [0.15, 0.2) is 0 Å². The van der Waals surface area contributed by atoms with Gasteiger partial charge in [-0.05, 0) is 19.4 Å². The van der Waals surface area contributed by atoms with E-state index in [4.69, 9.17) is 0 Å². The molecule has 1 rings (SSSR count). The Morgan fingerprint density at radius 3 is 1.76 bits per heavy atom. The van der Waals surface area contributed by atoms with Crippen LogP contribution in [0.5, 0.6) is 0 Å². The van der Waals surface area contributed by atoms with Gasteiger partial charge in [0, 0.05) is 13.1 Å². The van der Waals surface area contributed by atoms with E-state index >= 15 is 0 Å². The van der Waals surface area contributed by atoms with Gasteiger partial charge in [0.05, 0.1) is 5.92 Å². The zero-order valence-corrected chi connectivity index (χ0v) is 17.4. The van der Waals surface area contributed by atoms with Crippen LogP contribution in [-0.2, 0) is 4.79 Å². The average molecular weight is 375 g/mol. The van der Waals surface area contributed by atoms with Crippen LogP contribution in [0.1, 0.15) is 103 Å². The average Bonchev–Trinajstić information content (AvgIpc) is 3.13. The molecule has 1 fully saturated rings. The number of hydrogen-bond donors (Lipinski definition) is 2. The fraction of sp³-hybridized carbons (Fsp3) is 0.952. The summed E-state index contributed by atoms with van der Waals surface area (Å²) in [4.78, 5) is 11.8. The lowest BCUT2D eigenvalue weighted by atomic mass is 10.0. The van der Waals surface area contributed by atoms with Gasteiger partial charge in [-0.3, -0.25) is 4.79 Å². The standard InChI is InChI=1S/C21H42N2O.ClH/c1-2-3-4-5-6-7-8-9-10-11-12-13-14-15-17-23-21(24)20-16-18-22-19-20;/h20,22H,2-19H2,1H3,(H,23,24);1H/t20-;/m1./s1. The summed E-state index contributed by atoms with van der Waals surface area (Å²) in [6.07, 6.45) is 20.3. The maximum Gasteiger partial charge on any atom is 0.224 e. The Labute approximate surface area is 162 Å². The van der Waals surface area contributed by atoms with Crippen LogP contribution >= 0.6 is 12.4 Å². The number of hydrogen-bond acceptors (Lipinski definition) is 2. The molecule has 0 aromatic heterocycles. The predicted molar refractivity (Wildman–Crippen MR) is 112 cm³/mol. The van der Waals surface area contributed by atoms with Gasteiger partial charge in [0.1, 0.15) is 0 Å². The minimum Gasteiger partial charge on any atom is -0.356 e. The van der Waals surface area contributed by atoms with Crippen molar-refractivity contribution < 1.29 is 4.79 Å². The third kappa shape index (κ3) is 14.6. The molecule has 0 radical (unpaired) electrons. The van der Waals surface area contributed by atoms with E-state index < -0.39 is 0 Å². The topological polar surface area (TPSA) is 41.1 Å². The normalized spacial score (nSPS) is 16.6. The Balaban J connectivity index is 0.00000576. The molecule has 0 spiro atoms. The highest BCUT2D eigenvalue weighted by Gasteiger charge is 2.21. The van der Waals surface area contributed by atoms with Gasteiger partial charge in [-0.15, -0.1) is 12.4 Å². The fourth-order valence-electron chi connectivity index (χ4n) is 3.55. The SMILES string of the molecule is CCCCCCCCCCCCCCCCNC(=O)[C@@H]1CCNC1.Cl. The van der Waals surface area contributed by atoms with Crippen molar-refractivity contribution in [3.05, 3.63) is 0 Å². The summed E-state index contributed by atoms with van der Waals surface area (Å²) in [5.74, 6) is 0.478. The molecule has 3 nitrogen and oxygen atoms in total. The van der Waals surface area contributed by atoms with Gasteiger partial charge >= 0.3 is 0 Å². The van der Waals surface area contributed by atoms with Crippen molar-refractivity contribution in [1.29, 1.82) is 0 Å². The second-order valence-electron chi connectivity index (χ2n) is 7.58. The molecule has 1 atom stereocenters. The second kappa shape index (κ2) is 18.5. The minimum atomic E-state index is 0. The van der Waals surface area contributed by atoms with Gasteiger partial charge in [-0.1, -0.05) is 90.4 Å². The van der Waals surface area contributed by atoms with Crippen LogP contribution in [0, 0.1) is 5.92 Å². The summed E-state index contributed by atoms with van der Waals surface area (Å²) in [7, 11) is 0. The van der Waals surface area contributed by atoms with Crippen molar-refractivity contribution in [1.82, 2.24) is 10.6 Å². The van der Waals surface area contributed by atoms with Crippen LogP contribution < -0.4 is 10.6 Å². The molecule has 4 heteroatoms. The van der Waals surface area contributed by atoms with Crippen LogP contribution in [0.3, 0.4) is 0 Å². The van der Waals surface area contributed by atoms with E-state index in [0.29, 0.717) is 0 Å². The first-order valence-electron chi connectivity index (χ1n) is 10.8. The summed E-state index contributed by atoms with van der Waals surface area (Å²) in [6, 6.07) is 0. The van der Waals surface area contributed by atoms with Gasteiger partial charge in [-0.25, -0.2) is 0 Å². The monoisotopic (exact) mass is 374 g/mol. The highest BCUT2D eigenvalue weighted by atomic mass is 35.5. The van der Waals surface area contributed by atoms with Crippen molar-refractivity contribution in [3.63, 3.8) is 0 Å². The lowest BCUT2D eigenvalue weighted by Crippen LogP contribution is -2.32. The Bertz CT molecular complexity index is 294. The van der Waals surface area contributed by atoms with E-state index in [2.05, 4.69) is 17.6 Å². The second-order valence-corrected chi connectivity index (χ2v) is 7.58. The van der Waals surface area contributed by atoms with Crippen LogP contribution in [0.2, 0.25) is 0 Å². The smallest absolute Gasteiger partial charge is 0.224 e. The molecule has 150 valence electrons. The number of nitrogens with one attached hydrogen (secondary N) is 2. The van der Waals surface area contributed by atoms with Gasteiger partial charge in [-0.2, -0.15) is 0 Å². The lowest BCUT2D eigenvalue weighted by molar-refractivity contribution is -0.124. The fourth-order valence-corrected chi connectivity index (χ4v) is 3.55. The quantitative estimate of drug-likeness (QED) is 0.344. The molecule has 2 N–H and O–H groups in total. The van der Waals surface area contributed by atoms with E-state index in [0.717, 1.165) is 32.5 Å². The number of carbonyl (C=O) groups is 1. The van der Waals surface area contributed by atoms with Crippen molar-refractivity contribution in [2.45, 2.75) is 103 Å². The predicted octanol–water partition coefficient (Wildman–Crippen LogP) is 5.62. The lowest BCUT2D eigenvalue weighted by Gasteiger charge is -2.09. The molecule has 1 saturated heterocycles. The molecular formula is C21H43ClN2O. The molecule has 1 heterocycles. The van der Waals surface area contributed by atoms with Gasteiger partial charge in [0.25, 0.3) is 0 Å². The third-order valence-electron chi connectivity index (χ3n) is 5.26. The van der Waals surface area contributed by atoms with E-state index in [9.17, 15) is 4.79 Å². The molecular weight excluding hydrogens is 332 g/mol. The zero-order chi connectivity index (χ0) is 17.3. The van der Waals surface area contributed by atoms with Crippen molar-refractivity contribution in [2.75, 3.05) is 19.6 Å². The summed E-state index contributed by atoms with van der Waals surface area (Å²) >= 11 is 0. The highest BCUT2D eigenvalue weighted by molar-refractivity contribution is 5.85. The van der Waals surface area contributed by atoms with Crippen molar-refractivity contribution >= 4 is 18.3 Å². The first-order chi connectivity index (χ1) is 11.8. The minimum absolute atomic E-state index is 0. The van der Waals surface area contributed by atoms with Crippen LogP contribution in [0.15, 0.2) is 0 Å². The van der Waals surface area contributed by atoms with E-state index in [1.54, 1.807) is 0 Å². The molecule has 0 aromatic rings. The zero-order valence-electron chi connectivity index (χ0n) is 16.6. The number of unbranched alkanes of at least 4 members (excludes halogenated alkanes) is 13. The Kier molecular flexibility index (Phi) is 18.3. The van der Waals surface area contributed by atoms with Crippen LogP contribution in [0.4, 0.5) is 0 Å². The summed E-state index contributed by atoms with van der Waals surface area (Å²) in [5, 5.41) is 6.34. The molecule has 25 heavy (non-hydrogen) atoms. The van der Waals surface area contributed by atoms with E-state index in [1.165, 1.54) is 83.5 Å². The number of rotatable bonds is 16. The summed E-state index contributed by atoms with van der Waals surface area (Å²) in [5.41, 5.74) is 0. The van der Waals surface area contributed by atoms with Crippen LogP contribution in [0.25, 0.3) is 0 Å². The summed E-state index contributed by atoms with van der Waals surface area (Å²) in [6.45, 7) is 5.01. The van der Waals surface area contributed by atoms with Gasteiger partial charge < -0.3 is 10.6 Å². The molecule has 0 unspecified atom stereocenters. The maximum atomic E-state index is 11.8. The van der Waals surface area contributed by atoms with Crippen LogP contribution in [-0.4, -0.2) is 25.5 Å².